The van der Waals surface area contributed by atoms with Gasteiger partial charge in [-0.15, -0.1) is 6.58 Å². The molecule has 1 aromatic carbocycles. The molecule has 0 unspecified atom stereocenters. The highest BCUT2D eigenvalue weighted by Crippen LogP contribution is 2.35. The highest BCUT2D eigenvalue weighted by atomic mass is 32.2. The van der Waals surface area contributed by atoms with Crippen molar-refractivity contribution >= 4 is 35.0 Å². The number of benzene rings is 1. The third kappa shape index (κ3) is 4.89. The van der Waals surface area contributed by atoms with Crippen LogP contribution in [0.2, 0.25) is 0 Å². The van der Waals surface area contributed by atoms with Crippen molar-refractivity contribution < 1.29 is 28.6 Å². The zero-order valence-electron chi connectivity index (χ0n) is 14.5. The van der Waals surface area contributed by atoms with Crippen molar-refractivity contribution in [2.75, 3.05) is 20.3 Å². The highest BCUT2D eigenvalue weighted by Gasteiger charge is 2.25. The standard InChI is InChI=1S/C18H19NO6S/c1-4-6-12-7-11(9-14-17(21)19-18(22)26-14)8-13(23-3)16(12)25-10-15(20)24-5-2/h4,7-9H,1,5-6,10H2,2-3H3,(H,19,21,22)/b14-9-. The second kappa shape index (κ2) is 9.10. The average Bonchev–Trinajstić information content (AvgIpc) is 2.91. The zero-order valence-corrected chi connectivity index (χ0v) is 15.3. The van der Waals surface area contributed by atoms with Crippen molar-refractivity contribution in [3.63, 3.8) is 0 Å². The molecule has 0 aliphatic carbocycles. The molecule has 1 aromatic rings. The molecule has 1 N–H and O–H groups in total. The molecule has 1 saturated heterocycles. The van der Waals surface area contributed by atoms with Gasteiger partial charge in [0.05, 0.1) is 18.6 Å². The van der Waals surface area contributed by atoms with Crippen LogP contribution in [0.25, 0.3) is 6.08 Å². The lowest BCUT2D eigenvalue weighted by atomic mass is 10.0. The number of amides is 2. The zero-order chi connectivity index (χ0) is 19.1. The van der Waals surface area contributed by atoms with Gasteiger partial charge in [-0.2, -0.15) is 0 Å². The van der Waals surface area contributed by atoms with Crippen LogP contribution in [0.3, 0.4) is 0 Å². The van der Waals surface area contributed by atoms with E-state index in [0.717, 1.165) is 17.3 Å². The molecule has 0 atom stereocenters. The number of hydrogen-bond acceptors (Lipinski definition) is 7. The normalized spacial score (nSPS) is 14.9. The summed E-state index contributed by atoms with van der Waals surface area (Å²) in [5, 5.41) is 1.80. The number of allylic oxidation sites excluding steroid dienone is 1. The molecule has 0 saturated carbocycles. The Morgan fingerprint density at radius 3 is 2.69 bits per heavy atom. The first kappa shape index (κ1) is 19.6. The van der Waals surface area contributed by atoms with Gasteiger partial charge in [-0.05, 0) is 48.9 Å². The second-order valence-electron chi connectivity index (χ2n) is 5.15. The number of hydrogen-bond donors (Lipinski definition) is 1. The Morgan fingerprint density at radius 1 is 1.35 bits per heavy atom. The lowest BCUT2D eigenvalue weighted by molar-refractivity contribution is -0.145. The van der Waals surface area contributed by atoms with Crippen molar-refractivity contribution in [1.29, 1.82) is 0 Å². The minimum Gasteiger partial charge on any atom is -0.493 e. The van der Waals surface area contributed by atoms with Gasteiger partial charge < -0.3 is 14.2 Å². The van der Waals surface area contributed by atoms with E-state index in [2.05, 4.69) is 11.9 Å². The third-order valence-corrected chi connectivity index (χ3v) is 4.13. The molecular weight excluding hydrogens is 358 g/mol. The van der Waals surface area contributed by atoms with E-state index in [1.54, 1.807) is 31.2 Å². The topological polar surface area (TPSA) is 90.9 Å². The molecule has 2 amide bonds. The number of carbonyl (C=O) groups is 3. The average molecular weight is 377 g/mol. The van der Waals surface area contributed by atoms with Crippen LogP contribution in [0.4, 0.5) is 4.79 Å². The molecule has 26 heavy (non-hydrogen) atoms. The molecule has 1 heterocycles. The molecule has 0 bridgehead atoms. The molecule has 0 spiro atoms. The summed E-state index contributed by atoms with van der Waals surface area (Å²) in [4.78, 5) is 34.9. The minimum absolute atomic E-state index is 0.248. The van der Waals surface area contributed by atoms with Crippen LogP contribution in [0.1, 0.15) is 18.1 Å². The van der Waals surface area contributed by atoms with Gasteiger partial charge in [0.15, 0.2) is 18.1 Å². The van der Waals surface area contributed by atoms with Crippen molar-refractivity contribution in [3.05, 3.63) is 40.8 Å². The van der Waals surface area contributed by atoms with Gasteiger partial charge in [0, 0.05) is 5.56 Å². The summed E-state index contributed by atoms with van der Waals surface area (Å²) in [6.45, 7) is 5.45. The predicted octanol–water partition coefficient (Wildman–Crippen LogP) is 2.69. The van der Waals surface area contributed by atoms with Gasteiger partial charge in [0.2, 0.25) is 0 Å². The molecule has 2 rings (SSSR count). The van der Waals surface area contributed by atoms with E-state index < -0.39 is 17.1 Å². The highest BCUT2D eigenvalue weighted by molar-refractivity contribution is 8.18. The molecular formula is C18H19NO6S. The summed E-state index contributed by atoms with van der Waals surface area (Å²) < 4.78 is 15.8. The quantitative estimate of drug-likeness (QED) is 0.423. The molecule has 8 heteroatoms. The van der Waals surface area contributed by atoms with E-state index in [1.807, 2.05) is 0 Å². The SMILES string of the molecule is C=CCc1cc(/C=C2\SC(=O)NC2=O)cc(OC)c1OCC(=O)OCC. The summed E-state index contributed by atoms with van der Waals surface area (Å²) in [6.07, 6.45) is 3.74. The lowest BCUT2D eigenvalue weighted by Crippen LogP contribution is -2.17. The molecule has 0 aromatic heterocycles. The van der Waals surface area contributed by atoms with Crippen molar-refractivity contribution in [3.8, 4) is 11.5 Å². The van der Waals surface area contributed by atoms with Gasteiger partial charge >= 0.3 is 5.97 Å². The number of thioether (sulfide) groups is 1. The summed E-state index contributed by atoms with van der Waals surface area (Å²) in [6, 6.07) is 3.45. The molecule has 7 nitrogen and oxygen atoms in total. The van der Waals surface area contributed by atoms with Crippen molar-refractivity contribution in [2.45, 2.75) is 13.3 Å². The van der Waals surface area contributed by atoms with Crippen LogP contribution in [0.15, 0.2) is 29.7 Å². The van der Waals surface area contributed by atoms with Crippen LogP contribution in [-0.2, 0) is 20.7 Å². The minimum atomic E-state index is -0.483. The summed E-state index contributed by atoms with van der Waals surface area (Å²) in [5.74, 6) is -0.118. The van der Waals surface area contributed by atoms with Crippen LogP contribution in [0.5, 0.6) is 11.5 Å². The summed E-state index contributed by atoms with van der Waals surface area (Å²) in [5.41, 5.74) is 1.39. The maximum atomic E-state index is 11.7. The fourth-order valence-electron chi connectivity index (χ4n) is 2.30. The maximum Gasteiger partial charge on any atom is 0.344 e. The van der Waals surface area contributed by atoms with E-state index >= 15 is 0 Å². The van der Waals surface area contributed by atoms with Crippen LogP contribution in [-0.4, -0.2) is 37.4 Å². The van der Waals surface area contributed by atoms with E-state index in [4.69, 9.17) is 14.2 Å². The van der Waals surface area contributed by atoms with E-state index in [-0.39, 0.29) is 13.2 Å². The first-order valence-electron chi connectivity index (χ1n) is 7.83. The first-order chi connectivity index (χ1) is 12.5. The number of nitrogens with one attached hydrogen (secondary N) is 1. The second-order valence-corrected chi connectivity index (χ2v) is 6.16. The Bertz CT molecular complexity index is 771. The van der Waals surface area contributed by atoms with Crippen LogP contribution < -0.4 is 14.8 Å². The number of ether oxygens (including phenoxy) is 3. The van der Waals surface area contributed by atoms with Gasteiger partial charge in [-0.25, -0.2) is 4.79 Å². The Hall–Kier alpha value is -2.74. The number of carbonyl (C=O) groups excluding carboxylic acids is 3. The summed E-state index contributed by atoms with van der Waals surface area (Å²) >= 11 is 0.833. The fraction of sp³-hybridized carbons (Fsp3) is 0.278. The Kier molecular flexibility index (Phi) is 6.85. The first-order valence-corrected chi connectivity index (χ1v) is 8.65. The van der Waals surface area contributed by atoms with Crippen molar-refractivity contribution in [1.82, 2.24) is 5.32 Å². The number of esters is 1. The lowest BCUT2D eigenvalue weighted by Gasteiger charge is -2.15. The number of imide groups is 1. The van der Waals surface area contributed by atoms with E-state index in [0.29, 0.717) is 28.4 Å². The smallest absolute Gasteiger partial charge is 0.344 e. The Morgan fingerprint density at radius 2 is 2.12 bits per heavy atom. The Balaban J connectivity index is 2.35. The van der Waals surface area contributed by atoms with Gasteiger partial charge in [0.25, 0.3) is 11.1 Å². The third-order valence-electron chi connectivity index (χ3n) is 3.32. The van der Waals surface area contributed by atoms with Crippen LogP contribution in [0, 0.1) is 0 Å². The van der Waals surface area contributed by atoms with Crippen molar-refractivity contribution in [2.24, 2.45) is 0 Å². The molecule has 1 fully saturated rings. The molecule has 0 radical (unpaired) electrons. The van der Waals surface area contributed by atoms with Gasteiger partial charge in [0.1, 0.15) is 0 Å². The van der Waals surface area contributed by atoms with Crippen LogP contribution >= 0.6 is 11.8 Å². The fourth-order valence-corrected chi connectivity index (χ4v) is 2.98. The van der Waals surface area contributed by atoms with E-state index in [1.165, 1.54) is 7.11 Å². The van der Waals surface area contributed by atoms with Gasteiger partial charge in [-0.1, -0.05) is 6.08 Å². The largest absolute Gasteiger partial charge is 0.493 e. The Labute approximate surface area is 155 Å². The van der Waals surface area contributed by atoms with E-state index in [9.17, 15) is 14.4 Å². The monoisotopic (exact) mass is 377 g/mol. The molecule has 138 valence electrons. The number of rotatable bonds is 8. The predicted molar refractivity (Wildman–Crippen MR) is 98.1 cm³/mol. The summed E-state index contributed by atoms with van der Waals surface area (Å²) in [7, 11) is 1.47. The maximum absolute atomic E-state index is 11.7. The molecule has 1 aliphatic heterocycles. The number of methoxy groups -OCH3 is 1. The molecule has 1 aliphatic rings. The van der Waals surface area contributed by atoms with Gasteiger partial charge in [-0.3, -0.25) is 14.9 Å².